The van der Waals surface area contributed by atoms with E-state index in [2.05, 4.69) is 35.9 Å². The first kappa shape index (κ1) is 20.6. The molecular formula is C22H29N5O3. The van der Waals surface area contributed by atoms with Crippen LogP contribution in [0, 0.1) is 0 Å². The molecule has 1 fully saturated rings. The Morgan fingerprint density at radius 3 is 2.53 bits per heavy atom. The van der Waals surface area contributed by atoms with E-state index in [0.29, 0.717) is 24.3 Å². The molecule has 8 heteroatoms. The molecule has 160 valence electrons. The number of H-pyrrole nitrogens is 1. The smallest absolute Gasteiger partial charge is 0.329 e. The van der Waals surface area contributed by atoms with Crippen molar-refractivity contribution in [1.29, 1.82) is 0 Å². The zero-order valence-electron chi connectivity index (χ0n) is 17.8. The van der Waals surface area contributed by atoms with Gasteiger partial charge in [-0.05, 0) is 32.3 Å². The van der Waals surface area contributed by atoms with Crippen molar-refractivity contribution in [2.24, 2.45) is 7.05 Å². The van der Waals surface area contributed by atoms with Crippen molar-refractivity contribution >= 4 is 11.2 Å². The zero-order chi connectivity index (χ0) is 21.3. The fraction of sp³-hybridized carbons (Fsp3) is 0.500. The Morgan fingerprint density at radius 2 is 1.83 bits per heavy atom. The molecule has 0 bridgehead atoms. The summed E-state index contributed by atoms with van der Waals surface area (Å²) in [5.41, 5.74) is 1.35. The van der Waals surface area contributed by atoms with Gasteiger partial charge in [-0.1, -0.05) is 30.3 Å². The third kappa shape index (κ3) is 4.24. The molecule has 1 aliphatic heterocycles. The Labute approximate surface area is 175 Å². The number of hydrogen-bond donors (Lipinski definition) is 1. The maximum atomic E-state index is 12.7. The summed E-state index contributed by atoms with van der Waals surface area (Å²) in [7, 11) is 1.64. The summed E-state index contributed by atoms with van der Waals surface area (Å²) in [5.74, 6) is 0.811. The lowest BCUT2D eigenvalue weighted by Gasteiger charge is -2.35. The minimum absolute atomic E-state index is 0.150. The molecule has 3 aromatic rings. The van der Waals surface area contributed by atoms with E-state index in [1.54, 1.807) is 7.05 Å². The predicted octanol–water partition coefficient (Wildman–Crippen LogP) is 1.67. The summed E-state index contributed by atoms with van der Waals surface area (Å²) in [6.45, 7) is 7.04. The van der Waals surface area contributed by atoms with Crippen LogP contribution in [-0.4, -0.2) is 49.3 Å². The first-order valence-corrected chi connectivity index (χ1v) is 10.5. The Morgan fingerprint density at radius 1 is 1.13 bits per heavy atom. The van der Waals surface area contributed by atoms with E-state index >= 15 is 0 Å². The van der Waals surface area contributed by atoms with Crippen LogP contribution in [-0.2, 0) is 31.3 Å². The summed E-state index contributed by atoms with van der Waals surface area (Å²) < 4.78 is 9.24. The van der Waals surface area contributed by atoms with Crippen LogP contribution in [0.2, 0.25) is 0 Å². The Bertz CT molecular complexity index is 1120. The first-order chi connectivity index (χ1) is 14.4. The number of morpholine rings is 1. The molecular weight excluding hydrogens is 382 g/mol. The molecule has 0 aliphatic carbocycles. The van der Waals surface area contributed by atoms with E-state index in [1.807, 2.05) is 22.8 Å². The Hall–Kier alpha value is -2.71. The number of aromatic nitrogens is 4. The molecule has 30 heavy (non-hydrogen) atoms. The van der Waals surface area contributed by atoms with Crippen molar-refractivity contribution < 1.29 is 4.74 Å². The van der Waals surface area contributed by atoms with Gasteiger partial charge in [0.15, 0.2) is 11.2 Å². The molecule has 2 aromatic heterocycles. The number of rotatable bonds is 6. The molecule has 0 radical (unpaired) electrons. The maximum absolute atomic E-state index is 12.7. The van der Waals surface area contributed by atoms with Gasteiger partial charge in [0.2, 0.25) is 0 Å². The van der Waals surface area contributed by atoms with Gasteiger partial charge >= 0.3 is 5.69 Å². The predicted molar refractivity (Wildman–Crippen MR) is 116 cm³/mol. The molecule has 1 saturated heterocycles. The molecule has 1 aliphatic rings. The van der Waals surface area contributed by atoms with Gasteiger partial charge in [0.25, 0.3) is 5.56 Å². The molecule has 0 amide bonds. The summed E-state index contributed by atoms with van der Waals surface area (Å²) in [4.78, 5) is 34.2. The van der Waals surface area contributed by atoms with E-state index in [9.17, 15) is 9.59 Å². The second-order valence-electron chi connectivity index (χ2n) is 8.21. The number of hydrogen-bond acceptors (Lipinski definition) is 5. The van der Waals surface area contributed by atoms with Gasteiger partial charge in [-0.2, -0.15) is 0 Å². The van der Waals surface area contributed by atoms with Crippen molar-refractivity contribution in [2.75, 3.05) is 13.1 Å². The third-order valence-corrected chi connectivity index (χ3v) is 5.64. The van der Waals surface area contributed by atoms with E-state index in [-0.39, 0.29) is 17.8 Å². The van der Waals surface area contributed by atoms with E-state index in [0.717, 1.165) is 31.8 Å². The van der Waals surface area contributed by atoms with Crippen molar-refractivity contribution in [3.8, 4) is 0 Å². The van der Waals surface area contributed by atoms with Gasteiger partial charge < -0.3 is 9.30 Å². The second-order valence-corrected chi connectivity index (χ2v) is 8.21. The van der Waals surface area contributed by atoms with E-state index in [4.69, 9.17) is 9.72 Å². The van der Waals surface area contributed by atoms with Crippen LogP contribution in [0.1, 0.15) is 31.7 Å². The van der Waals surface area contributed by atoms with E-state index < -0.39 is 5.69 Å². The molecule has 1 N–H and O–H groups in total. The average Bonchev–Trinajstić information content (AvgIpc) is 3.05. The molecule has 4 rings (SSSR count). The van der Waals surface area contributed by atoms with E-state index in [1.165, 1.54) is 10.1 Å². The van der Waals surface area contributed by atoms with Crippen molar-refractivity contribution in [2.45, 2.75) is 52.0 Å². The largest absolute Gasteiger partial charge is 0.373 e. The van der Waals surface area contributed by atoms with Crippen LogP contribution >= 0.6 is 0 Å². The maximum Gasteiger partial charge on any atom is 0.329 e. The number of benzene rings is 1. The number of nitrogens with zero attached hydrogens (tertiary/aromatic N) is 4. The van der Waals surface area contributed by atoms with Crippen LogP contribution < -0.4 is 11.2 Å². The SMILES string of the molecule is C[C@@H]1CN(Cc2nc3c(c(=O)[nH]c(=O)n3C)n2CCCc2ccccc2)C[C@H](C)O1. The van der Waals surface area contributed by atoms with Crippen LogP contribution in [0.5, 0.6) is 0 Å². The summed E-state index contributed by atoms with van der Waals surface area (Å²) in [6.07, 6.45) is 2.09. The Balaban J connectivity index is 1.66. The minimum Gasteiger partial charge on any atom is -0.373 e. The lowest BCUT2D eigenvalue weighted by Crippen LogP contribution is -2.45. The van der Waals surface area contributed by atoms with Crippen LogP contribution in [0.3, 0.4) is 0 Å². The molecule has 0 spiro atoms. The number of nitrogens with one attached hydrogen (secondary N) is 1. The van der Waals surface area contributed by atoms with Gasteiger partial charge in [0, 0.05) is 26.7 Å². The normalized spacial score (nSPS) is 20.1. The summed E-state index contributed by atoms with van der Waals surface area (Å²) in [6, 6.07) is 10.3. The molecule has 3 heterocycles. The fourth-order valence-corrected chi connectivity index (χ4v) is 4.34. The minimum atomic E-state index is -0.443. The van der Waals surface area contributed by atoms with Crippen molar-refractivity contribution in [3.63, 3.8) is 0 Å². The quantitative estimate of drug-likeness (QED) is 0.667. The number of ether oxygens (including phenoxy) is 1. The highest BCUT2D eigenvalue weighted by Gasteiger charge is 2.25. The van der Waals surface area contributed by atoms with Crippen LogP contribution in [0.4, 0.5) is 0 Å². The summed E-state index contributed by atoms with van der Waals surface area (Å²) in [5, 5.41) is 0. The van der Waals surface area contributed by atoms with Gasteiger partial charge in [-0.3, -0.25) is 19.2 Å². The fourth-order valence-electron chi connectivity index (χ4n) is 4.34. The second kappa shape index (κ2) is 8.57. The molecule has 0 saturated carbocycles. The average molecular weight is 412 g/mol. The number of fused-ring (bicyclic) bond motifs is 1. The molecule has 0 unspecified atom stereocenters. The number of imidazole rings is 1. The van der Waals surface area contributed by atoms with Gasteiger partial charge in [-0.25, -0.2) is 9.78 Å². The molecule has 2 atom stereocenters. The number of aromatic amines is 1. The molecule has 8 nitrogen and oxygen atoms in total. The van der Waals surface area contributed by atoms with Gasteiger partial charge in [-0.15, -0.1) is 0 Å². The van der Waals surface area contributed by atoms with Crippen LogP contribution in [0.15, 0.2) is 39.9 Å². The zero-order valence-corrected chi connectivity index (χ0v) is 17.8. The first-order valence-electron chi connectivity index (χ1n) is 10.5. The monoisotopic (exact) mass is 411 g/mol. The highest BCUT2D eigenvalue weighted by Crippen LogP contribution is 2.18. The lowest BCUT2D eigenvalue weighted by atomic mass is 10.1. The third-order valence-electron chi connectivity index (χ3n) is 5.64. The lowest BCUT2D eigenvalue weighted by molar-refractivity contribution is -0.0712. The van der Waals surface area contributed by atoms with Gasteiger partial charge in [0.1, 0.15) is 5.82 Å². The highest BCUT2D eigenvalue weighted by atomic mass is 16.5. The van der Waals surface area contributed by atoms with Crippen molar-refractivity contribution in [1.82, 2.24) is 24.0 Å². The standard InChI is InChI=1S/C22H29N5O3/c1-15-12-26(13-16(2)30-15)14-18-23-20-19(21(28)24-22(29)25(20)3)27(18)11-7-10-17-8-5-4-6-9-17/h4-6,8-9,15-16H,7,10-14H2,1-3H3,(H,24,28,29)/t15-,16+. The van der Waals surface area contributed by atoms with Crippen LogP contribution in [0.25, 0.3) is 11.2 Å². The highest BCUT2D eigenvalue weighted by molar-refractivity contribution is 5.70. The number of aryl methyl sites for hydroxylation is 3. The Kier molecular flexibility index (Phi) is 5.87. The summed E-state index contributed by atoms with van der Waals surface area (Å²) >= 11 is 0. The molecule has 1 aromatic carbocycles. The van der Waals surface area contributed by atoms with Gasteiger partial charge in [0.05, 0.1) is 18.8 Å². The van der Waals surface area contributed by atoms with Crippen molar-refractivity contribution in [3.05, 3.63) is 62.6 Å². The topological polar surface area (TPSA) is 85.2 Å².